The molecule has 0 N–H and O–H groups in total. The Hall–Kier alpha value is 0.180. The zero-order valence-electron chi connectivity index (χ0n) is 13.5. The Morgan fingerprint density at radius 2 is 1.05 bits per heavy atom. The first-order chi connectivity index (χ1) is 9.12. The fraction of sp³-hybridized carbons (Fsp3) is 1.00. The summed E-state index contributed by atoms with van der Waals surface area (Å²) in [4.78, 5) is 22.8. The smallest absolute Gasteiger partial charge is 0.274 e. The Labute approximate surface area is 126 Å². The lowest BCUT2D eigenvalue weighted by atomic mass is 10.5. The van der Waals surface area contributed by atoms with Crippen LogP contribution in [0.15, 0.2) is 0 Å². The summed E-state index contributed by atoms with van der Waals surface area (Å²) >= 11 is 0. The molecule has 0 aliphatic heterocycles. The normalized spacial score (nSPS) is 19.0. The van der Waals surface area contributed by atoms with E-state index in [1.54, 1.807) is 0 Å². The highest BCUT2D eigenvalue weighted by Gasteiger charge is 2.22. The van der Waals surface area contributed by atoms with Gasteiger partial charge in [-0.1, -0.05) is 0 Å². The van der Waals surface area contributed by atoms with Crippen LogP contribution in [0.1, 0.15) is 0 Å². The number of hydrogen-bond donors (Lipinski definition) is 0. The molecule has 0 aromatic carbocycles. The van der Waals surface area contributed by atoms with Crippen LogP contribution in [-0.2, 0) is 22.5 Å². The molecule has 2 atom stereocenters. The van der Waals surface area contributed by atoms with Crippen molar-refractivity contribution in [2.75, 3.05) is 68.6 Å². The van der Waals surface area contributed by atoms with Gasteiger partial charge in [0.1, 0.15) is 26.3 Å². The molecule has 0 aromatic rings. The standard InChI is InChI=1S/C10H26N2O7P2/c1-11(2,3)7-9-17-20(13,14)19-21(15,16)18-10-8-12(4,5)6/h7-10H2,1-6H3. The monoisotopic (exact) mass is 348 g/mol. The molecular formula is C10H26N2O7P2. The van der Waals surface area contributed by atoms with Crippen molar-refractivity contribution in [1.82, 2.24) is 0 Å². The van der Waals surface area contributed by atoms with Crippen molar-refractivity contribution in [2.24, 2.45) is 0 Å². The van der Waals surface area contributed by atoms with E-state index in [-0.39, 0.29) is 13.2 Å². The van der Waals surface area contributed by atoms with Crippen LogP contribution in [0.3, 0.4) is 0 Å². The molecule has 21 heavy (non-hydrogen) atoms. The maximum atomic E-state index is 11.4. The Balaban J connectivity index is 4.29. The zero-order valence-corrected chi connectivity index (χ0v) is 15.3. The van der Waals surface area contributed by atoms with Crippen LogP contribution in [0.4, 0.5) is 0 Å². The Bertz CT molecular complexity index is 379. The van der Waals surface area contributed by atoms with E-state index in [1.807, 2.05) is 42.3 Å². The van der Waals surface area contributed by atoms with E-state index in [0.29, 0.717) is 22.1 Å². The van der Waals surface area contributed by atoms with Crippen LogP contribution < -0.4 is 9.79 Å². The number of nitrogens with zero attached hydrogens (tertiary/aromatic N) is 2. The quantitative estimate of drug-likeness (QED) is 0.383. The van der Waals surface area contributed by atoms with Gasteiger partial charge in [-0.3, -0.25) is 9.13 Å². The molecule has 128 valence electrons. The third kappa shape index (κ3) is 13.6. The first-order valence-corrected chi connectivity index (χ1v) is 9.27. The molecule has 0 aliphatic carbocycles. The highest BCUT2D eigenvalue weighted by atomic mass is 31.3. The number of phosphoric ester groups is 2. The topological polar surface area (TPSA) is 108 Å². The second-order valence-electron chi connectivity index (χ2n) is 6.67. The summed E-state index contributed by atoms with van der Waals surface area (Å²) < 4.78 is 36.7. The predicted octanol–water partition coefficient (Wildman–Crippen LogP) is -0.615. The van der Waals surface area contributed by atoms with Crippen molar-refractivity contribution in [1.29, 1.82) is 0 Å². The van der Waals surface area contributed by atoms with Gasteiger partial charge in [0, 0.05) is 0 Å². The van der Waals surface area contributed by atoms with Crippen molar-refractivity contribution in [2.45, 2.75) is 0 Å². The Morgan fingerprint density at radius 3 is 1.29 bits per heavy atom. The van der Waals surface area contributed by atoms with Gasteiger partial charge in [0.25, 0.3) is 15.6 Å². The van der Waals surface area contributed by atoms with E-state index < -0.39 is 15.6 Å². The molecule has 0 radical (unpaired) electrons. The first-order valence-electron chi connectivity index (χ1n) is 6.35. The summed E-state index contributed by atoms with van der Waals surface area (Å²) in [5, 5.41) is 0. The van der Waals surface area contributed by atoms with E-state index in [4.69, 9.17) is 0 Å². The third-order valence-electron chi connectivity index (χ3n) is 2.22. The van der Waals surface area contributed by atoms with Gasteiger partial charge in [0.15, 0.2) is 0 Å². The molecule has 0 saturated heterocycles. The van der Waals surface area contributed by atoms with Crippen molar-refractivity contribution in [3.05, 3.63) is 0 Å². The lowest BCUT2D eigenvalue weighted by Crippen LogP contribution is -2.38. The average Bonchev–Trinajstić information content (AvgIpc) is 2.09. The Kier molecular flexibility index (Phi) is 7.70. The van der Waals surface area contributed by atoms with Gasteiger partial charge in [0.2, 0.25) is 0 Å². The lowest BCUT2D eigenvalue weighted by molar-refractivity contribution is -0.870. The molecule has 0 spiro atoms. The van der Waals surface area contributed by atoms with Gasteiger partial charge in [-0.05, 0) is 0 Å². The summed E-state index contributed by atoms with van der Waals surface area (Å²) in [6, 6.07) is 0. The van der Waals surface area contributed by atoms with Crippen LogP contribution >= 0.6 is 15.6 Å². The van der Waals surface area contributed by atoms with Gasteiger partial charge < -0.3 is 27.8 Å². The number of rotatable bonds is 10. The fourth-order valence-electron chi connectivity index (χ4n) is 1.02. The Morgan fingerprint density at radius 1 is 0.762 bits per heavy atom. The van der Waals surface area contributed by atoms with Crippen molar-refractivity contribution >= 4 is 15.6 Å². The molecule has 2 unspecified atom stereocenters. The molecule has 11 heteroatoms. The fourth-order valence-corrected chi connectivity index (χ4v) is 2.99. The van der Waals surface area contributed by atoms with Crippen LogP contribution in [0.25, 0.3) is 0 Å². The predicted molar refractivity (Wildman–Crippen MR) is 74.0 cm³/mol. The molecule has 0 aliphatic rings. The van der Waals surface area contributed by atoms with E-state index in [0.717, 1.165) is 0 Å². The highest BCUT2D eigenvalue weighted by Crippen LogP contribution is 2.55. The minimum atomic E-state index is -4.95. The maximum absolute atomic E-state index is 11.4. The van der Waals surface area contributed by atoms with Crippen LogP contribution in [0, 0.1) is 0 Å². The minimum Gasteiger partial charge on any atom is -0.756 e. The largest absolute Gasteiger partial charge is 0.756 e. The summed E-state index contributed by atoms with van der Waals surface area (Å²) in [6.07, 6.45) is 0. The summed E-state index contributed by atoms with van der Waals surface area (Å²) in [6.45, 7) is 0.397. The van der Waals surface area contributed by atoms with Gasteiger partial charge in [-0.15, -0.1) is 0 Å². The number of hydrogen-bond acceptors (Lipinski definition) is 7. The summed E-state index contributed by atoms with van der Waals surface area (Å²) in [5.74, 6) is 0. The number of likely N-dealkylation sites (N-methyl/N-ethyl adjacent to an activating group) is 2. The SMILES string of the molecule is C[N+](C)(C)CCOP(=O)([O-])OP(=O)([O-])OCC[N+](C)(C)C. The average molecular weight is 348 g/mol. The molecule has 0 amide bonds. The number of quaternary nitrogens is 2. The van der Waals surface area contributed by atoms with Crippen LogP contribution in [0.5, 0.6) is 0 Å². The molecule has 0 saturated carbocycles. The molecule has 9 nitrogen and oxygen atoms in total. The van der Waals surface area contributed by atoms with Crippen molar-refractivity contribution < 1.29 is 41.2 Å². The van der Waals surface area contributed by atoms with Crippen LogP contribution in [0.2, 0.25) is 0 Å². The molecule has 0 heterocycles. The molecule has 0 bridgehead atoms. The minimum absolute atomic E-state index is 0.177. The molecular weight excluding hydrogens is 322 g/mol. The van der Waals surface area contributed by atoms with E-state index in [1.165, 1.54) is 0 Å². The lowest BCUT2D eigenvalue weighted by Gasteiger charge is -2.32. The zero-order chi connectivity index (χ0) is 16.9. The molecule has 0 rings (SSSR count). The maximum Gasteiger partial charge on any atom is 0.274 e. The summed E-state index contributed by atoms with van der Waals surface area (Å²) in [7, 11) is 1.14. The van der Waals surface area contributed by atoms with Crippen molar-refractivity contribution in [3.8, 4) is 0 Å². The first kappa shape index (κ1) is 21.2. The van der Waals surface area contributed by atoms with Gasteiger partial charge >= 0.3 is 0 Å². The molecule has 0 aromatic heterocycles. The number of phosphoric acid groups is 2. The van der Waals surface area contributed by atoms with Gasteiger partial charge in [-0.25, -0.2) is 4.31 Å². The highest BCUT2D eigenvalue weighted by molar-refractivity contribution is 7.59. The van der Waals surface area contributed by atoms with Gasteiger partial charge in [0.05, 0.1) is 42.3 Å². The second kappa shape index (κ2) is 7.64. The van der Waals surface area contributed by atoms with E-state index >= 15 is 0 Å². The van der Waals surface area contributed by atoms with Crippen molar-refractivity contribution in [3.63, 3.8) is 0 Å². The second-order valence-corrected chi connectivity index (χ2v) is 9.63. The molecule has 0 fully saturated rings. The third-order valence-corrected chi connectivity index (χ3v) is 4.82. The van der Waals surface area contributed by atoms with Crippen LogP contribution in [-0.4, -0.2) is 77.6 Å². The summed E-state index contributed by atoms with van der Waals surface area (Å²) in [5.41, 5.74) is 0. The van der Waals surface area contributed by atoms with E-state index in [2.05, 4.69) is 13.4 Å². The van der Waals surface area contributed by atoms with E-state index in [9.17, 15) is 18.9 Å². The van der Waals surface area contributed by atoms with Gasteiger partial charge in [-0.2, -0.15) is 0 Å².